The standard InChI is InChI=1S/C26H34N4O2Si/c1-19-14-24(27-29(19)17-21-9-7-8-20(15-21)16-26(2,3)31)25-28-30(18-32-25)22-10-12-23(13-11-22)33(4,5)6/h7-15,31H,16-18H2,1-6H3. The van der Waals surface area contributed by atoms with Gasteiger partial charge in [-0.15, -0.1) is 5.10 Å². The molecule has 0 saturated carbocycles. The summed E-state index contributed by atoms with van der Waals surface area (Å²) in [6, 6.07) is 19.0. The Morgan fingerprint density at radius 1 is 1.03 bits per heavy atom. The van der Waals surface area contributed by atoms with Crippen molar-refractivity contribution in [3.8, 4) is 0 Å². The molecule has 1 N–H and O–H groups in total. The quantitative estimate of drug-likeness (QED) is 0.533. The maximum absolute atomic E-state index is 10.1. The number of hydrazone groups is 1. The maximum Gasteiger partial charge on any atom is 0.261 e. The predicted molar refractivity (Wildman–Crippen MR) is 137 cm³/mol. The minimum Gasteiger partial charge on any atom is -0.452 e. The molecule has 0 aliphatic carbocycles. The lowest BCUT2D eigenvalue weighted by Crippen LogP contribution is -2.37. The molecule has 0 unspecified atom stereocenters. The van der Waals surface area contributed by atoms with Crippen LogP contribution in [0, 0.1) is 6.92 Å². The van der Waals surface area contributed by atoms with E-state index in [2.05, 4.69) is 67.2 Å². The van der Waals surface area contributed by atoms with Crippen molar-refractivity contribution >= 4 is 24.8 Å². The predicted octanol–water partition coefficient (Wildman–Crippen LogP) is 4.25. The number of nitrogens with zero attached hydrogens (tertiary/aromatic N) is 4. The molecule has 3 aromatic rings. The number of aliphatic hydroxyl groups is 1. The van der Waals surface area contributed by atoms with Crippen molar-refractivity contribution < 1.29 is 9.84 Å². The summed E-state index contributed by atoms with van der Waals surface area (Å²) < 4.78 is 7.85. The molecule has 4 rings (SSSR count). The van der Waals surface area contributed by atoms with Crippen molar-refractivity contribution in [2.75, 3.05) is 11.7 Å². The van der Waals surface area contributed by atoms with E-state index in [1.54, 1.807) is 0 Å². The van der Waals surface area contributed by atoms with Gasteiger partial charge in [-0.2, -0.15) is 5.10 Å². The van der Waals surface area contributed by atoms with Gasteiger partial charge in [0.05, 0.1) is 25.9 Å². The van der Waals surface area contributed by atoms with Crippen LogP contribution >= 0.6 is 0 Å². The van der Waals surface area contributed by atoms with Gasteiger partial charge in [-0.3, -0.25) is 4.68 Å². The highest BCUT2D eigenvalue weighted by molar-refractivity contribution is 6.88. The number of aromatic nitrogens is 2. The molecule has 7 heteroatoms. The van der Waals surface area contributed by atoms with E-state index >= 15 is 0 Å². The molecule has 0 bridgehead atoms. The van der Waals surface area contributed by atoms with Crippen molar-refractivity contribution in [1.82, 2.24) is 9.78 Å². The van der Waals surface area contributed by atoms with E-state index < -0.39 is 13.7 Å². The SMILES string of the molecule is Cc1cc(C2=NN(c3ccc([Si](C)(C)C)cc3)CO2)nn1Cc1cccc(CC(C)(C)O)c1. The number of rotatable bonds is 7. The lowest BCUT2D eigenvalue weighted by atomic mass is 9.97. The minimum absolute atomic E-state index is 0.381. The molecule has 0 atom stereocenters. The highest BCUT2D eigenvalue weighted by atomic mass is 28.3. The Morgan fingerprint density at radius 3 is 2.39 bits per heavy atom. The first-order valence-corrected chi connectivity index (χ1v) is 14.9. The first-order valence-electron chi connectivity index (χ1n) is 11.4. The van der Waals surface area contributed by atoms with Crippen LogP contribution in [0.1, 0.15) is 36.4 Å². The molecule has 1 aliphatic heterocycles. The van der Waals surface area contributed by atoms with Gasteiger partial charge in [0.1, 0.15) is 5.69 Å². The third-order valence-electron chi connectivity index (χ3n) is 5.73. The Morgan fingerprint density at radius 2 is 1.73 bits per heavy atom. The average Bonchev–Trinajstić information content (AvgIpc) is 3.34. The first kappa shape index (κ1) is 23.3. The smallest absolute Gasteiger partial charge is 0.261 e. The summed E-state index contributed by atoms with van der Waals surface area (Å²) >= 11 is 0. The average molecular weight is 463 g/mol. The van der Waals surface area contributed by atoms with Crippen molar-refractivity contribution in [3.63, 3.8) is 0 Å². The number of hydrogen-bond donors (Lipinski definition) is 1. The molecule has 0 radical (unpaired) electrons. The summed E-state index contributed by atoms with van der Waals surface area (Å²) in [6.07, 6.45) is 0.615. The molecule has 6 nitrogen and oxygen atoms in total. The number of aryl methyl sites for hydroxylation is 1. The van der Waals surface area contributed by atoms with E-state index in [9.17, 15) is 5.11 Å². The number of anilines is 1. The van der Waals surface area contributed by atoms with Gasteiger partial charge in [-0.05, 0) is 50.1 Å². The van der Waals surface area contributed by atoms with Gasteiger partial charge in [0.25, 0.3) is 5.90 Å². The molecule has 0 spiro atoms. The van der Waals surface area contributed by atoms with Crippen LogP contribution in [-0.2, 0) is 17.7 Å². The Balaban J connectivity index is 1.49. The van der Waals surface area contributed by atoms with Crippen molar-refractivity contribution in [1.29, 1.82) is 0 Å². The topological polar surface area (TPSA) is 62.9 Å². The Kier molecular flexibility index (Phi) is 6.20. The zero-order valence-electron chi connectivity index (χ0n) is 20.5. The van der Waals surface area contributed by atoms with Crippen molar-refractivity contribution in [3.05, 3.63) is 77.1 Å². The zero-order valence-corrected chi connectivity index (χ0v) is 21.5. The summed E-state index contributed by atoms with van der Waals surface area (Å²) in [5.74, 6) is 0.543. The van der Waals surface area contributed by atoms with Gasteiger partial charge in [-0.1, -0.05) is 61.2 Å². The van der Waals surface area contributed by atoms with Gasteiger partial charge < -0.3 is 9.84 Å². The molecular formula is C26H34N4O2Si. The Hall–Kier alpha value is -2.90. The van der Waals surface area contributed by atoms with Crippen LogP contribution in [0.2, 0.25) is 19.6 Å². The minimum atomic E-state index is -1.32. The summed E-state index contributed by atoms with van der Waals surface area (Å²) in [5, 5.41) is 22.9. The zero-order chi connectivity index (χ0) is 23.8. The molecule has 174 valence electrons. The summed E-state index contributed by atoms with van der Waals surface area (Å²) in [6.45, 7) is 13.8. The molecule has 1 aliphatic rings. The molecule has 0 fully saturated rings. The Labute approximate surface area is 197 Å². The van der Waals surface area contributed by atoms with E-state index in [0.29, 0.717) is 25.6 Å². The van der Waals surface area contributed by atoms with Crippen LogP contribution in [0.3, 0.4) is 0 Å². The van der Waals surface area contributed by atoms with Crippen LogP contribution in [0.15, 0.2) is 59.7 Å². The second kappa shape index (κ2) is 8.80. The number of ether oxygens (including phenoxy) is 1. The second-order valence-corrected chi connectivity index (χ2v) is 15.6. The van der Waals surface area contributed by atoms with Crippen molar-refractivity contribution in [2.45, 2.75) is 59.0 Å². The summed E-state index contributed by atoms with van der Waals surface area (Å²) in [5.41, 5.74) is 4.33. The number of hydrogen-bond acceptors (Lipinski definition) is 5. The van der Waals surface area contributed by atoms with Gasteiger partial charge >= 0.3 is 0 Å². The maximum atomic E-state index is 10.1. The van der Waals surface area contributed by atoms with Crippen LogP contribution < -0.4 is 10.2 Å². The molecule has 2 heterocycles. The van der Waals surface area contributed by atoms with E-state index in [1.165, 1.54) is 5.19 Å². The van der Waals surface area contributed by atoms with E-state index in [1.807, 2.05) is 42.6 Å². The first-order chi connectivity index (χ1) is 15.5. The van der Waals surface area contributed by atoms with Crippen LogP contribution in [0.25, 0.3) is 0 Å². The highest BCUT2D eigenvalue weighted by Crippen LogP contribution is 2.21. The lowest BCUT2D eigenvalue weighted by Gasteiger charge is -2.18. The highest BCUT2D eigenvalue weighted by Gasteiger charge is 2.23. The molecule has 0 amide bonds. The summed E-state index contributed by atoms with van der Waals surface area (Å²) in [7, 11) is -1.32. The fraction of sp³-hybridized carbons (Fsp3) is 0.385. The normalized spacial score (nSPS) is 14.4. The largest absolute Gasteiger partial charge is 0.452 e. The van der Waals surface area contributed by atoms with Crippen molar-refractivity contribution in [2.24, 2.45) is 5.10 Å². The van der Waals surface area contributed by atoms with Crippen LogP contribution in [-0.4, -0.2) is 41.2 Å². The molecule has 33 heavy (non-hydrogen) atoms. The summed E-state index contributed by atoms with van der Waals surface area (Å²) in [4.78, 5) is 0. The third kappa shape index (κ3) is 5.72. The van der Waals surface area contributed by atoms with E-state index in [4.69, 9.17) is 9.84 Å². The molecule has 0 saturated heterocycles. The molecule has 2 aromatic carbocycles. The van der Waals surface area contributed by atoms with Gasteiger partial charge in [0.2, 0.25) is 0 Å². The fourth-order valence-electron chi connectivity index (χ4n) is 3.97. The third-order valence-corrected chi connectivity index (χ3v) is 7.79. The fourth-order valence-corrected chi connectivity index (χ4v) is 5.13. The van der Waals surface area contributed by atoms with Gasteiger partial charge in [0.15, 0.2) is 6.73 Å². The van der Waals surface area contributed by atoms with Gasteiger partial charge in [0, 0.05) is 12.1 Å². The number of benzene rings is 2. The van der Waals surface area contributed by atoms with Crippen LogP contribution in [0.4, 0.5) is 5.69 Å². The monoisotopic (exact) mass is 462 g/mol. The molecule has 1 aromatic heterocycles. The van der Waals surface area contributed by atoms with Gasteiger partial charge in [-0.25, -0.2) is 5.01 Å². The Bertz CT molecular complexity index is 1150. The van der Waals surface area contributed by atoms with Crippen LogP contribution in [0.5, 0.6) is 0 Å². The molecular weight excluding hydrogens is 428 g/mol. The van der Waals surface area contributed by atoms with E-state index in [0.717, 1.165) is 28.2 Å². The van der Waals surface area contributed by atoms with E-state index in [-0.39, 0.29) is 0 Å². The second-order valence-electron chi connectivity index (χ2n) is 10.5. The lowest BCUT2D eigenvalue weighted by molar-refractivity contribution is 0.0810.